The van der Waals surface area contributed by atoms with Gasteiger partial charge in [-0.25, -0.2) is 0 Å². The Kier molecular flexibility index (Phi) is 6.55. The Hall–Kier alpha value is -3.64. The number of aromatic nitrogens is 1. The highest BCUT2D eigenvalue weighted by atomic mass is 15.0. The monoisotopic (exact) mass is 459 g/mol. The van der Waals surface area contributed by atoms with Gasteiger partial charge in [-0.1, -0.05) is 74.6 Å². The van der Waals surface area contributed by atoms with Crippen LogP contribution >= 0.6 is 0 Å². The largest absolute Gasteiger partial charge is 0.317 e. The Morgan fingerprint density at radius 3 is 2.94 bits per heavy atom. The van der Waals surface area contributed by atoms with Crippen LogP contribution in [0.4, 0.5) is 0 Å². The van der Waals surface area contributed by atoms with Gasteiger partial charge in [0.15, 0.2) is 0 Å². The molecular formula is C32H33N3. The second-order valence-corrected chi connectivity index (χ2v) is 9.63. The number of para-hydroxylation sites is 1. The lowest BCUT2D eigenvalue weighted by Gasteiger charge is -2.31. The van der Waals surface area contributed by atoms with Crippen LogP contribution in [0.1, 0.15) is 44.9 Å². The molecular weight excluding hydrogens is 426 g/mol. The third-order valence-electron chi connectivity index (χ3n) is 7.48. The maximum absolute atomic E-state index is 9.51. The van der Waals surface area contributed by atoms with E-state index >= 15 is 0 Å². The number of hydrogen-bond acceptors (Lipinski definition) is 2. The van der Waals surface area contributed by atoms with Crippen molar-refractivity contribution in [3.05, 3.63) is 94.8 Å². The zero-order chi connectivity index (χ0) is 24.4. The van der Waals surface area contributed by atoms with Crippen molar-refractivity contribution in [3.63, 3.8) is 0 Å². The van der Waals surface area contributed by atoms with Gasteiger partial charge in [-0.2, -0.15) is 5.26 Å². The predicted octanol–water partition coefficient (Wildman–Crippen LogP) is 7.70. The Morgan fingerprint density at radius 1 is 1.29 bits per heavy atom. The summed E-state index contributed by atoms with van der Waals surface area (Å²) in [5.41, 5.74) is 9.09. The molecule has 3 atom stereocenters. The molecule has 2 aromatic rings. The molecule has 2 aliphatic carbocycles. The van der Waals surface area contributed by atoms with Crippen LogP contribution in [0.2, 0.25) is 0 Å². The normalized spacial score (nSPS) is 24.2. The van der Waals surface area contributed by atoms with Crippen LogP contribution in [0.5, 0.6) is 0 Å². The third kappa shape index (κ3) is 4.19. The number of nitriles is 1. The van der Waals surface area contributed by atoms with Crippen molar-refractivity contribution < 1.29 is 0 Å². The first kappa shape index (κ1) is 23.1. The lowest BCUT2D eigenvalue weighted by molar-refractivity contribution is 0.562. The van der Waals surface area contributed by atoms with Gasteiger partial charge in [-0.15, -0.1) is 0 Å². The van der Waals surface area contributed by atoms with Crippen molar-refractivity contribution in [2.45, 2.75) is 40.0 Å². The minimum absolute atomic E-state index is 0.143. The number of nitrogens with zero attached hydrogens (tertiary/aromatic N) is 3. The zero-order valence-electron chi connectivity index (χ0n) is 20.9. The van der Waals surface area contributed by atoms with Crippen LogP contribution in [-0.4, -0.2) is 17.3 Å². The molecule has 5 rings (SSSR count). The molecule has 3 nitrogen and oxygen atoms in total. The van der Waals surface area contributed by atoms with Gasteiger partial charge in [-0.3, -0.25) is 4.99 Å². The summed E-state index contributed by atoms with van der Waals surface area (Å²) in [5, 5.41) is 10.8. The van der Waals surface area contributed by atoms with E-state index in [0.717, 1.165) is 24.8 Å². The van der Waals surface area contributed by atoms with E-state index in [2.05, 4.69) is 109 Å². The smallest absolute Gasteiger partial charge is 0.0845 e. The van der Waals surface area contributed by atoms with Crippen molar-refractivity contribution in [3.8, 4) is 6.07 Å². The summed E-state index contributed by atoms with van der Waals surface area (Å²) in [6.07, 6.45) is 23.1. The molecule has 1 aliphatic heterocycles. The molecule has 35 heavy (non-hydrogen) atoms. The van der Waals surface area contributed by atoms with Crippen molar-refractivity contribution in [2.75, 3.05) is 6.54 Å². The standard InChI is InChI=1S/C32H33N3/c1-4-24(27-14-10-11-22(3)32(27)25-17-23(19-33)20-34-21-25)18-26(5-2)35-30-15-8-6-12-28(30)29-13-7-9-16-31(29)35/h4,6-8,10-15,17-18,21-23,32H,5,9,16,20H2,1-3H3/b24-4+,26-18+. The first-order valence-corrected chi connectivity index (χ1v) is 12.8. The van der Waals surface area contributed by atoms with Crippen LogP contribution in [0, 0.1) is 29.1 Å². The lowest BCUT2D eigenvalue weighted by Crippen LogP contribution is -2.22. The Morgan fingerprint density at radius 2 is 2.14 bits per heavy atom. The summed E-state index contributed by atoms with van der Waals surface area (Å²) in [7, 11) is 0. The van der Waals surface area contributed by atoms with Gasteiger partial charge in [-0.05, 0) is 61.0 Å². The Bertz CT molecular complexity index is 1390. The summed E-state index contributed by atoms with van der Waals surface area (Å²) < 4.78 is 2.50. The number of aliphatic imine (C=N–C) groups is 1. The van der Waals surface area contributed by atoms with Crippen LogP contribution in [0.3, 0.4) is 0 Å². The molecule has 0 spiro atoms. The van der Waals surface area contributed by atoms with Crippen LogP contribution < -0.4 is 0 Å². The quantitative estimate of drug-likeness (QED) is 0.422. The Labute approximate surface area is 208 Å². The second-order valence-electron chi connectivity index (χ2n) is 9.63. The van der Waals surface area contributed by atoms with Gasteiger partial charge in [0, 0.05) is 34.5 Å². The topological polar surface area (TPSA) is 41.1 Å². The van der Waals surface area contributed by atoms with Crippen molar-refractivity contribution in [1.82, 2.24) is 4.57 Å². The summed E-state index contributed by atoms with van der Waals surface area (Å²) in [6.45, 7) is 7.21. The van der Waals surface area contributed by atoms with Gasteiger partial charge >= 0.3 is 0 Å². The van der Waals surface area contributed by atoms with E-state index < -0.39 is 0 Å². The first-order chi connectivity index (χ1) is 17.2. The summed E-state index contributed by atoms with van der Waals surface area (Å²) in [4.78, 5) is 4.53. The minimum atomic E-state index is -0.143. The number of dihydropyridines is 1. The number of rotatable bonds is 5. The summed E-state index contributed by atoms with van der Waals surface area (Å²) in [5.74, 6) is 0.388. The van der Waals surface area contributed by atoms with Gasteiger partial charge in [0.25, 0.3) is 0 Å². The highest BCUT2D eigenvalue weighted by molar-refractivity contribution is 5.94. The number of fused-ring (bicyclic) bond motifs is 3. The average Bonchev–Trinajstić information content (AvgIpc) is 3.24. The molecule has 0 saturated carbocycles. The van der Waals surface area contributed by atoms with Crippen LogP contribution in [-0.2, 0) is 6.42 Å². The molecule has 0 radical (unpaired) electrons. The van der Waals surface area contributed by atoms with Crippen LogP contribution in [0.25, 0.3) is 22.7 Å². The highest BCUT2D eigenvalue weighted by Gasteiger charge is 2.29. The summed E-state index contributed by atoms with van der Waals surface area (Å²) in [6, 6.07) is 11.2. The van der Waals surface area contributed by atoms with E-state index in [-0.39, 0.29) is 11.8 Å². The molecule has 0 N–H and O–H groups in total. The molecule has 0 bridgehead atoms. The number of benzene rings is 1. The fourth-order valence-corrected chi connectivity index (χ4v) is 5.79. The van der Waals surface area contributed by atoms with E-state index in [9.17, 15) is 5.26 Å². The summed E-state index contributed by atoms with van der Waals surface area (Å²) >= 11 is 0. The third-order valence-corrected chi connectivity index (χ3v) is 7.48. The second kappa shape index (κ2) is 9.92. The zero-order valence-corrected chi connectivity index (χ0v) is 20.9. The van der Waals surface area contributed by atoms with Crippen molar-refractivity contribution >= 4 is 28.9 Å². The number of allylic oxidation sites excluding steroid dienone is 10. The fourth-order valence-electron chi connectivity index (χ4n) is 5.79. The first-order valence-electron chi connectivity index (χ1n) is 12.8. The fraction of sp³-hybridized carbons (Fsp3) is 0.312. The molecule has 1 aromatic carbocycles. The molecule has 0 amide bonds. The van der Waals surface area contributed by atoms with E-state index in [1.807, 2.05) is 6.21 Å². The maximum Gasteiger partial charge on any atom is 0.0845 e. The predicted molar refractivity (Wildman–Crippen MR) is 148 cm³/mol. The number of hydrogen-bond donors (Lipinski definition) is 0. The van der Waals surface area contributed by atoms with Crippen LogP contribution in [0.15, 0.2) is 88.5 Å². The SMILES string of the molecule is C/C=C(\C=C(/CC)n1c2c(c3ccccc31)C=CCC2)C1=CC=CC(C)C1C1=CC(C#N)CN=C1. The van der Waals surface area contributed by atoms with Crippen molar-refractivity contribution in [2.24, 2.45) is 22.7 Å². The van der Waals surface area contributed by atoms with E-state index in [0.29, 0.717) is 12.5 Å². The molecule has 176 valence electrons. The molecule has 1 aromatic heterocycles. The molecule has 3 unspecified atom stereocenters. The van der Waals surface area contributed by atoms with E-state index in [4.69, 9.17) is 0 Å². The average molecular weight is 460 g/mol. The molecule has 2 heterocycles. The van der Waals surface area contributed by atoms with E-state index in [1.54, 1.807) is 0 Å². The maximum atomic E-state index is 9.51. The van der Waals surface area contributed by atoms with Gasteiger partial charge in [0.2, 0.25) is 0 Å². The molecule has 3 heteroatoms. The Balaban J connectivity index is 1.61. The van der Waals surface area contributed by atoms with Gasteiger partial charge < -0.3 is 4.57 Å². The molecule has 3 aliphatic rings. The lowest BCUT2D eigenvalue weighted by atomic mass is 9.74. The van der Waals surface area contributed by atoms with E-state index in [1.165, 1.54) is 39.0 Å². The van der Waals surface area contributed by atoms with Gasteiger partial charge in [0.05, 0.1) is 24.0 Å². The van der Waals surface area contributed by atoms with Crippen molar-refractivity contribution in [1.29, 1.82) is 5.26 Å². The minimum Gasteiger partial charge on any atom is -0.317 e. The highest BCUT2D eigenvalue weighted by Crippen LogP contribution is 2.40. The van der Waals surface area contributed by atoms with Gasteiger partial charge in [0.1, 0.15) is 0 Å². The molecule has 0 saturated heterocycles. The molecule has 0 fully saturated rings.